The van der Waals surface area contributed by atoms with Crippen LogP contribution in [0, 0.1) is 6.92 Å². The first-order valence-corrected chi connectivity index (χ1v) is 5.16. The number of azo groups is 1. The molecule has 7 heteroatoms. The highest BCUT2D eigenvalue weighted by atomic mass is 32.1. The van der Waals surface area contributed by atoms with Gasteiger partial charge in [0, 0.05) is 17.6 Å². The standard InChI is InChI=1S/C9H8N4O2S/c1-5-10-9(16-13-5)12-11-7-3-2-6(14)4-8(7)15/h2-4,14-15H,1H3/b12-11+. The molecule has 1 heterocycles. The third-order valence-electron chi connectivity index (χ3n) is 1.72. The average molecular weight is 236 g/mol. The number of nitrogens with zero attached hydrogens (tertiary/aromatic N) is 4. The molecule has 2 N–H and O–H groups in total. The largest absolute Gasteiger partial charge is 0.508 e. The first-order chi connectivity index (χ1) is 7.65. The Morgan fingerprint density at radius 1 is 1.25 bits per heavy atom. The van der Waals surface area contributed by atoms with Crippen LogP contribution in [0.3, 0.4) is 0 Å². The minimum absolute atomic E-state index is 0.0248. The Morgan fingerprint density at radius 2 is 2.06 bits per heavy atom. The predicted molar refractivity (Wildman–Crippen MR) is 58.6 cm³/mol. The van der Waals surface area contributed by atoms with Crippen LogP contribution in [0.2, 0.25) is 0 Å². The highest BCUT2D eigenvalue weighted by molar-refractivity contribution is 7.09. The Balaban J connectivity index is 2.23. The van der Waals surface area contributed by atoms with E-state index in [-0.39, 0.29) is 17.2 Å². The molecule has 0 saturated heterocycles. The molecule has 0 unspecified atom stereocenters. The molecule has 0 aliphatic rings. The summed E-state index contributed by atoms with van der Waals surface area (Å²) in [4.78, 5) is 3.99. The summed E-state index contributed by atoms with van der Waals surface area (Å²) in [7, 11) is 0. The van der Waals surface area contributed by atoms with Gasteiger partial charge in [0.25, 0.3) is 0 Å². The summed E-state index contributed by atoms with van der Waals surface area (Å²) in [5.74, 6) is 0.474. The third kappa shape index (κ3) is 2.31. The smallest absolute Gasteiger partial charge is 0.249 e. The van der Waals surface area contributed by atoms with E-state index in [4.69, 9.17) is 5.11 Å². The SMILES string of the molecule is Cc1nsc(/N=N/c2ccc(O)cc2O)n1. The van der Waals surface area contributed by atoms with Gasteiger partial charge in [-0.1, -0.05) is 0 Å². The lowest BCUT2D eigenvalue weighted by Gasteiger charge is -1.96. The summed E-state index contributed by atoms with van der Waals surface area (Å²) >= 11 is 1.13. The molecule has 82 valence electrons. The van der Waals surface area contributed by atoms with E-state index in [1.165, 1.54) is 18.2 Å². The van der Waals surface area contributed by atoms with Gasteiger partial charge in [-0.15, -0.1) is 10.2 Å². The van der Waals surface area contributed by atoms with E-state index < -0.39 is 0 Å². The first-order valence-electron chi connectivity index (χ1n) is 4.39. The van der Waals surface area contributed by atoms with Gasteiger partial charge in [-0.2, -0.15) is 4.37 Å². The van der Waals surface area contributed by atoms with E-state index in [2.05, 4.69) is 19.6 Å². The van der Waals surface area contributed by atoms with Crippen LogP contribution in [-0.2, 0) is 0 Å². The quantitative estimate of drug-likeness (QED) is 0.784. The number of phenolic OH excluding ortho intramolecular Hbond substituents is 2. The molecular formula is C9H8N4O2S. The number of aryl methyl sites for hydroxylation is 1. The van der Waals surface area contributed by atoms with Gasteiger partial charge in [-0.25, -0.2) is 4.98 Å². The molecule has 0 fully saturated rings. The molecule has 0 aliphatic heterocycles. The maximum Gasteiger partial charge on any atom is 0.249 e. The van der Waals surface area contributed by atoms with Crippen molar-refractivity contribution in [3.63, 3.8) is 0 Å². The fourth-order valence-corrected chi connectivity index (χ4v) is 1.52. The van der Waals surface area contributed by atoms with E-state index in [0.29, 0.717) is 11.0 Å². The number of aromatic hydroxyl groups is 2. The van der Waals surface area contributed by atoms with E-state index in [9.17, 15) is 5.11 Å². The Labute approximate surface area is 95.1 Å². The molecule has 0 atom stereocenters. The van der Waals surface area contributed by atoms with E-state index in [0.717, 1.165) is 11.5 Å². The van der Waals surface area contributed by atoms with E-state index in [1.54, 1.807) is 6.92 Å². The molecule has 6 nitrogen and oxygen atoms in total. The van der Waals surface area contributed by atoms with Crippen LogP contribution in [0.1, 0.15) is 5.82 Å². The highest BCUT2D eigenvalue weighted by Gasteiger charge is 2.02. The van der Waals surface area contributed by atoms with Crippen LogP contribution in [0.5, 0.6) is 11.5 Å². The molecule has 2 aromatic rings. The zero-order valence-electron chi connectivity index (χ0n) is 8.32. The normalized spacial score (nSPS) is 11.1. The molecular weight excluding hydrogens is 228 g/mol. The minimum atomic E-state index is -0.134. The number of rotatable bonds is 2. The monoisotopic (exact) mass is 236 g/mol. The lowest BCUT2D eigenvalue weighted by molar-refractivity contribution is 0.451. The second kappa shape index (κ2) is 4.23. The van der Waals surface area contributed by atoms with Crippen LogP contribution in [0.25, 0.3) is 0 Å². The molecule has 2 rings (SSSR count). The number of aromatic nitrogens is 2. The summed E-state index contributed by atoms with van der Waals surface area (Å²) in [6, 6.07) is 4.07. The van der Waals surface area contributed by atoms with Crippen molar-refractivity contribution in [2.75, 3.05) is 0 Å². The first kappa shape index (κ1) is 10.5. The summed E-state index contributed by atoms with van der Waals surface area (Å²) < 4.78 is 3.94. The predicted octanol–water partition coefficient (Wildman–Crippen LogP) is 2.67. The zero-order chi connectivity index (χ0) is 11.5. The maximum absolute atomic E-state index is 9.43. The molecule has 1 aromatic carbocycles. The molecule has 0 spiro atoms. The van der Waals surface area contributed by atoms with Crippen molar-refractivity contribution >= 4 is 22.4 Å². The van der Waals surface area contributed by atoms with Crippen molar-refractivity contribution < 1.29 is 10.2 Å². The molecule has 0 bridgehead atoms. The lowest BCUT2D eigenvalue weighted by atomic mass is 10.3. The van der Waals surface area contributed by atoms with Gasteiger partial charge < -0.3 is 10.2 Å². The highest BCUT2D eigenvalue weighted by Crippen LogP contribution is 2.31. The fraction of sp³-hybridized carbons (Fsp3) is 0.111. The minimum Gasteiger partial charge on any atom is -0.508 e. The summed E-state index contributed by atoms with van der Waals surface area (Å²) in [6.45, 7) is 1.76. The van der Waals surface area contributed by atoms with Gasteiger partial charge in [-0.05, 0) is 19.1 Å². The molecule has 0 amide bonds. The molecule has 16 heavy (non-hydrogen) atoms. The number of hydrogen-bond donors (Lipinski definition) is 2. The summed E-state index contributed by atoms with van der Waals surface area (Å²) in [5, 5.41) is 26.5. The molecule has 0 radical (unpaired) electrons. The maximum atomic E-state index is 9.43. The van der Waals surface area contributed by atoms with Crippen molar-refractivity contribution in [1.82, 2.24) is 9.36 Å². The van der Waals surface area contributed by atoms with Crippen molar-refractivity contribution in [2.24, 2.45) is 10.2 Å². The second-order valence-corrected chi connectivity index (χ2v) is 3.73. The summed E-state index contributed by atoms with van der Waals surface area (Å²) in [6.07, 6.45) is 0. The summed E-state index contributed by atoms with van der Waals surface area (Å²) in [5.41, 5.74) is 0.269. The van der Waals surface area contributed by atoms with Crippen LogP contribution < -0.4 is 0 Å². The Bertz CT molecular complexity index is 538. The van der Waals surface area contributed by atoms with Crippen molar-refractivity contribution in [3.8, 4) is 11.5 Å². The fourth-order valence-electron chi connectivity index (χ4n) is 1.02. The molecule has 0 aliphatic carbocycles. The number of phenols is 2. The van der Waals surface area contributed by atoms with Crippen LogP contribution in [0.15, 0.2) is 28.4 Å². The van der Waals surface area contributed by atoms with Gasteiger partial charge in [-0.3, -0.25) is 0 Å². The topological polar surface area (TPSA) is 91.0 Å². The van der Waals surface area contributed by atoms with Crippen molar-refractivity contribution in [2.45, 2.75) is 6.92 Å². The zero-order valence-corrected chi connectivity index (χ0v) is 9.14. The van der Waals surface area contributed by atoms with Gasteiger partial charge in [0.2, 0.25) is 5.13 Å². The Morgan fingerprint density at radius 3 is 2.69 bits per heavy atom. The van der Waals surface area contributed by atoms with Gasteiger partial charge in [0.1, 0.15) is 23.0 Å². The Kier molecular flexibility index (Phi) is 2.78. The van der Waals surface area contributed by atoms with Gasteiger partial charge in [0.15, 0.2) is 0 Å². The van der Waals surface area contributed by atoms with Crippen molar-refractivity contribution in [3.05, 3.63) is 24.0 Å². The van der Waals surface area contributed by atoms with E-state index in [1.807, 2.05) is 0 Å². The Hall–Kier alpha value is -2.02. The van der Waals surface area contributed by atoms with Crippen LogP contribution >= 0.6 is 11.5 Å². The van der Waals surface area contributed by atoms with Crippen molar-refractivity contribution in [1.29, 1.82) is 0 Å². The van der Waals surface area contributed by atoms with E-state index >= 15 is 0 Å². The average Bonchev–Trinajstić information content (AvgIpc) is 2.63. The molecule has 0 saturated carbocycles. The van der Waals surface area contributed by atoms with Gasteiger partial charge >= 0.3 is 0 Å². The van der Waals surface area contributed by atoms with Crippen LogP contribution in [0.4, 0.5) is 10.8 Å². The molecule has 1 aromatic heterocycles. The lowest BCUT2D eigenvalue weighted by Crippen LogP contribution is -1.70. The number of benzene rings is 1. The van der Waals surface area contributed by atoms with Gasteiger partial charge in [0.05, 0.1) is 0 Å². The van der Waals surface area contributed by atoms with Crippen LogP contribution in [-0.4, -0.2) is 19.6 Å². The third-order valence-corrected chi connectivity index (χ3v) is 2.41. The second-order valence-electron chi connectivity index (χ2n) is 3.00. The number of hydrogen-bond acceptors (Lipinski definition) is 7.